The summed E-state index contributed by atoms with van der Waals surface area (Å²) in [6.45, 7) is 4.71. The van der Waals surface area contributed by atoms with Gasteiger partial charge in [0.15, 0.2) is 6.29 Å². The van der Waals surface area contributed by atoms with Crippen molar-refractivity contribution in [1.82, 2.24) is 4.31 Å². The lowest BCUT2D eigenvalue weighted by Gasteiger charge is -2.30. The molecule has 0 bridgehead atoms. The van der Waals surface area contributed by atoms with Crippen molar-refractivity contribution in [3.63, 3.8) is 0 Å². The van der Waals surface area contributed by atoms with Gasteiger partial charge in [-0.2, -0.15) is 4.31 Å². The maximum atomic E-state index is 13.7. The number of hydrogen-bond donors (Lipinski definition) is 1. The second kappa shape index (κ2) is 13.4. The summed E-state index contributed by atoms with van der Waals surface area (Å²) in [6.07, 6.45) is -1.21. The highest BCUT2D eigenvalue weighted by Gasteiger charge is 2.56. The molecule has 3 heterocycles. The Bertz CT molecular complexity index is 1290. The quantitative estimate of drug-likeness (QED) is 0.345. The molecule has 2 aromatic carbocycles. The minimum Gasteiger partial charge on any atom is -0.497 e. The molecular weight excluding hydrogens is 562 g/mol. The molecule has 2 aromatic rings. The normalized spacial score (nSPS) is 26.7. The molecule has 3 fully saturated rings. The summed E-state index contributed by atoms with van der Waals surface area (Å²) in [5, 5.41) is 11.5. The van der Waals surface area contributed by atoms with Crippen LogP contribution in [0.15, 0.2) is 59.5 Å². The summed E-state index contributed by atoms with van der Waals surface area (Å²) in [4.78, 5) is 13.4. The third-order valence-corrected chi connectivity index (χ3v) is 10.0. The average Bonchev–Trinajstić information content (AvgIpc) is 3.66. The first kappa shape index (κ1) is 30.9. The van der Waals surface area contributed by atoms with E-state index in [0.717, 1.165) is 12.0 Å². The maximum Gasteiger partial charge on any atom is 0.306 e. The van der Waals surface area contributed by atoms with Crippen LogP contribution in [0.5, 0.6) is 5.75 Å². The van der Waals surface area contributed by atoms with E-state index in [-0.39, 0.29) is 55.1 Å². The Morgan fingerprint density at radius 2 is 1.81 bits per heavy atom. The van der Waals surface area contributed by atoms with E-state index in [1.54, 1.807) is 12.1 Å². The highest BCUT2D eigenvalue weighted by Crippen LogP contribution is 2.42. The Morgan fingerprint density at radius 3 is 2.50 bits per heavy atom. The zero-order chi connectivity index (χ0) is 29.9. The van der Waals surface area contributed by atoms with E-state index >= 15 is 0 Å². The zero-order valence-corrected chi connectivity index (χ0v) is 25.1. The number of aliphatic hydroxyl groups is 1. The van der Waals surface area contributed by atoms with Crippen LogP contribution in [0.4, 0.5) is 0 Å². The Kier molecular flexibility index (Phi) is 9.86. The van der Waals surface area contributed by atoms with Crippen molar-refractivity contribution in [2.75, 3.05) is 33.4 Å². The Morgan fingerprint density at radius 1 is 1.07 bits per heavy atom. The lowest BCUT2D eigenvalue weighted by atomic mass is 9.90. The van der Waals surface area contributed by atoms with Crippen LogP contribution in [0.2, 0.25) is 0 Å². The van der Waals surface area contributed by atoms with E-state index in [0.29, 0.717) is 18.8 Å². The summed E-state index contributed by atoms with van der Waals surface area (Å²) in [7, 11) is -2.42. The minimum absolute atomic E-state index is 0.00772. The van der Waals surface area contributed by atoms with Gasteiger partial charge in [0.05, 0.1) is 49.3 Å². The van der Waals surface area contributed by atoms with Gasteiger partial charge < -0.3 is 28.8 Å². The van der Waals surface area contributed by atoms with Crippen molar-refractivity contribution in [1.29, 1.82) is 0 Å². The predicted molar refractivity (Wildman–Crippen MR) is 153 cm³/mol. The largest absolute Gasteiger partial charge is 0.497 e. The molecule has 5 rings (SSSR count). The molecule has 10 nitrogen and oxygen atoms in total. The van der Waals surface area contributed by atoms with Gasteiger partial charge in [0.1, 0.15) is 11.9 Å². The molecule has 0 radical (unpaired) electrons. The number of sulfonamides is 1. The molecule has 3 aliphatic heterocycles. The third kappa shape index (κ3) is 6.98. The van der Waals surface area contributed by atoms with E-state index in [1.165, 1.54) is 23.5 Å². The molecule has 3 saturated heterocycles. The molecule has 0 unspecified atom stereocenters. The highest BCUT2D eigenvalue weighted by atomic mass is 32.2. The van der Waals surface area contributed by atoms with E-state index in [2.05, 4.69) is 0 Å². The van der Waals surface area contributed by atoms with E-state index in [4.69, 9.17) is 23.7 Å². The fraction of sp³-hybridized carbons (Fsp3) is 0.581. The van der Waals surface area contributed by atoms with Crippen molar-refractivity contribution < 1.29 is 42.0 Å². The van der Waals surface area contributed by atoms with Gasteiger partial charge in [-0.3, -0.25) is 4.79 Å². The number of hydrogen-bond acceptors (Lipinski definition) is 9. The van der Waals surface area contributed by atoms with Gasteiger partial charge in [-0.15, -0.1) is 0 Å². The molecule has 42 heavy (non-hydrogen) atoms. The van der Waals surface area contributed by atoms with Gasteiger partial charge in [0.25, 0.3) is 0 Å². The first-order chi connectivity index (χ1) is 20.2. The third-order valence-electron chi connectivity index (χ3n) is 8.19. The van der Waals surface area contributed by atoms with Gasteiger partial charge >= 0.3 is 5.97 Å². The fourth-order valence-electron chi connectivity index (χ4n) is 6.09. The Labute approximate surface area is 247 Å². The van der Waals surface area contributed by atoms with E-state index in [1.807, 2.05) is 44.2 Å². The molecule has 0 aliphatic carbocycles. The SMILES string of the molecule is COc1ccc(S(=O)(=O)N(CC(C)C)C[C@@H](O)[C@@H](CC(=O)O[C@H]2CO[C@H]3O[C@@H]4CCO[C@@H]4[C@H]32)Cc2ccccc2)cc1. The summed E-state index contributed by atoms with van der Waals surface area (Å²) in [5.41, 5.74) is 0.929. The molecule has 1 N–H and O–H groups in total. The number of fused-ring (bicyclic) bond motifs is 3. The Balaban J connectivity index is 1.31. The number of rotatable bonds is 13. The van der Waals surface area contributed by atoms with Crippen molar-refractivity contribution in [2.45, 2.75) is 68.7 Å². The topological polar surface area (TPSA) is 121 Å². The molecule has 0 amide bonds. The van der Waals surface area contributed by atoms with Gasteiger partial charge in [-0.1, -0.05) is 44.2 Å². The molecule has 0 saturated carbocycles. The number of ether oxygens (including phenoxy) is 5. The second-order valence-corrected chi connectivity index (χ2v) is 13.7. The highest BCUT2D eigenvalue weighted by molar-refractivity contribution is 7.89. The monoisotopic (exact) mass is 603 g/mol. The number of aliphatic hydroxyl groups excluding tert-OH is 1. The minimum atomic E-state index is -3.93. The smallest absolute Gasteiger partial charge is 0.306 e. The number of esters is 1. The molecule has 0 spiro atoms. The van der Waals surface area contributed by atoms with E-state index in [9.17, 15) is 18.3 Å². The first-order valence-electron chi connectivity index (χ1n) is 14.6. The first-order valence-corrected chi connectivity index (χ1v) is 16.0. The zero-order valence-electron chi connectivity index (χ0n) is 24.3. The standard InChI is InChI=1S/C31H41NO9S/c1-20(2)17-32(42(35,36)24-11-9-23(37-3)10-12-24)18-25(33)22(15-21-7-5-4-6-8-21)16-28(34)40-27-19-39-31-29(27)30-26(41-31)13-14-38-30/h4-12,20,22,25-27,29-31,33H,13-19H2,1-3H3/t22-,25-,26-,27+,29-,30+,31+/m1/s1. The van der Waals surface area contributed by atoms with Crippen molar-refractivity contribution >= 4 is 16.0 Å². The summed E-state index contributed by atoms with van der Waals surface area (Å²) in [6, 6.07) is 15.7. The molecule has 3 aliphatic rings. The number of carbonyl (C=O) groups excluding carboxylic acids is 1. The summed E-state index contributed by atoms with van der Waals surface area (Å²) in [5.74, 6) is -0.694. The van der Waals surface area contributed by atoms with Crippen molar-refractivity contribution in [3.05, 3.63) is 60.2 Å². The average molecular weight is 604 g/mol. The fourth-order valence-corrected chi connectivity index (χ4v) is 7.71. The van der Waals surface area contributed by atoms with Crippen molar-refractivity contribution in [3.8, 4) is 5.75 Å². The molecule has 230 valence electrons. The number of benzene rings is 2. The predicted octanol–water partition coefficient (Wildman–Crippen LogP) is 3.02. The lowest BCUT2D eigenvalue weighted by Crippen LogP contribution is -2.43. The van der Waals surface area contributed by atoms with Gasteiger partial charge in [0.2, 0.25) is 10.0 Å². The number of nitrogens with zero attached hydrogens (tertiary/aromatic N) is 1. The Hall–Kier alpha value is -2.54. The van der Waals surface area contributed by atoms with Gasteiger partial charge in [-0.25, -0.2) is 8.42 Å². The number of methoxy groups -OCH3 is 1. The maximum absolute atomic E-state index is 13.7. The van der Waals surface area contributed by atoms with Crippen LogP contribution in [0, 0.1) is 17.8 Å². The van der Waals surface area contributed by atoms with E-state index < -0.39 is 40.4 Å². The van der Waals surface area contributed by atoms with Crippen LogP contribution in [0.3, 0.4) is 0 Å². The van der Waals surface area contributed by atoms with Crippen LogP contribution in [-0.4, -0.2) is 87.9 Å². The van der Waals surface area contributed by atoms with Gasteiger partial charge in [0, 0.05) is 25.6 Å². The molecular formula is C31H41NO9S. The molecule has 7 atom stereocenters. The van der Waals surface area contributed by atoms with Crippen molar-refractivity contribution in [2.24, 2.45) is 17.8 Å². The van der Waals surface area contributed by atoms with Gasteiger partial charge in [-0.05, 0) is 48.6 Å². The lowest BCUT2D eigenvalue weighted by molar-refractivity contribution is -0.154. The van der Waals surface area contributed by atoms with Crippen LogP contribution in [0.25, 0.3) is 0 Å². The van der Waals surface area contributed by atoms with Crippen LogP contribution in [-0.2, 0) is 40.2 Å². The van der Waals surface area contributed by atoms with Crippen LogP contribution < -0.4 is 4.74 Å². The summed E-state index contributed by atoms with van der Waals surface area (Å²) < 4.78 is 57.3. The summed E-state index contributed by atoms with van der Waals surface area (Å²) >= 11 is 0. The molecule has 0 aromatic heterocycles. The number of carbonyl (C=O) groups is 1. The van der Waals surface area contributed by atoms with Crippen LogP contribution >= 0.6 is 0 Å². The van der Waals surface area contributed by atoms with Crippen LogP contribution in [0.1, 0.15) is 32.3 Å². The second-order valence-electron chi connectivity index (χ2n) is 11.7. The molecule has 11 heteroatoms.